The van der Waals surface area contributed by atoms with Gasteiger partial charge in [0.15, 0.2) is 0 Å². The van der Waals surface area contributed by atoms with Crippen LogP contribution in [0.25, 0.3) is 0 Å². The van der Waals surface area contributed by atoms with Gasteiger partial charge in [-0.15, -0.1) is 0 Å². The monoisotopic (exact) mass is 404 g/mol. The third-order valence-corrected chi connectivity index (χ3v) is 7.78. The lowest BCUT2D eigenvalue weighted by Crippen LogP contribution is -2.43. The van der Waals surface area contributed by atoms with Crippen LogP contribution in [0.2, 0.25) is 0 Å². The Morgan fingerprint density at radius 3 is 2.40 bits per heavy atom. The molecule has 4 atom stereocenters. The van der Waals surface area contributed by atoms with Crippen molar-refractivity contribution in [3.05, 3.63) is 44.9 Å². The molecule has 2 aliphatic carbocycles. The Morgan fingerprint density at radius 1 is 1.08 bits per heavy atom. The van der Waals surface area contributed by atoms with E-state index in [2.05, 4.69) is 75.7 Å². The van der Waals surface area contributed by atoms with Gasteiger partial charge in [-0.05, 0) is 72.6 Å². The molecule has 0 radical (unpaired) electrons. The molecule has 0 bridgehead atoms. The Kier molecular flexibility index (Phi) is 5.01. The molecular formula is C23H33BrO. The van der Waals surface area contributed by atoms with Crippen LogP contribution in [0, 0.1) is 30.6 Å². The second-order valence-corrected chi connectivity index (χ2v) is 10.3. The van der Waals surface area contributed by atoms with Crippen molar-refractivity contribution in [2.45, 2.75) is 79.2 Å². The molecule has 3 rings (SSSR count). The van der Waals surface area contributed by atoms with Gasteiger partial charge in [-0.1, -0.05) is 67.8 Å². The molecule has 0 unspecified atom stereocenters. The molecule has 2 heteroatoms. The van der Waals surface area contributed by atoms with Crippen molar-refractivity contribution < 1.29 is 5.11 Å². The van der Waals surface area contributed by atoms with Crippen LogP contribution in [-0.2, 0) is 0 Å². The van der Waals surface area contributed by atoms with E-state index in [4.69, 9.17) is 0 Å². The standard InChI is InChI=1S/C23H33BrO/c1-14-8-9-19-22(4,5)10-7-11-23(19,6)20(21(14)25)17-12-15(2)16(3)13-18(17)24/h9,12-14,20-21,25H,7-8,10-11H2,1-6H3/t14-,20+,21+,23+/m1/s1. The van der Waals surface area contributed by atoms with Crippen molar-refractivity contribution in [1.29, 1.82) is 0 Å². The molecule has 1 fully saturated rings. The lowest BCUT2D eigenvalue weighted by molar-refractivity contribution is 0.0334. The maximum absolute atomic E-state index is 11.4. The zero-order chi connectivity index (χ0) is 18.6. The number of aryl methyl sites for hydroxylation is 2. The van der Waals surface area contributed by atoms with Crippen LogP contribution < -0.4 is 0 Å². The average molecular weight is 405 g/mol. The summed E-state index contributed by atoms with van der Waals surface area (Å²) in [5, 5.41) is 11.4. The molecule has 25 heavy (non-hydrogen) atoms. The number of halogens is 1. The summed E-state index contributed by atoms with van der Waals surface area (Å²) in [7, 11) is 0. The predicted molar refractivity (Wildman–Crippen MR) is 110 cm³/mol. The van der Waals surface area contributed by atoms with E-state index in [1.54, 1.807) is 5.57 Å². The molecule has 0 spiro atoms. The minimum absolute atomic E-state index is 0.0240. The van der Waals surface area contributed by atoms with Gasteiger partial charge in [0.25, 0.3) is 0 Å². The van der Waals surface area contributed by atoms with Gasteiger partial charge in [0.1, 0.15) is 0 Å². The van der Waals surface area contributed by atoms with Crippen LogP contribution in [0.5, 0.6) is 0 Å². The highest BCUT2D eigenvalue weighted by Gasteiger charge is 2.51. The summed E-state index contributed by atoms with van der Waals surface area (Å²) in [6, 6.07) is 4.55. The molecule has 0 amide bonds. The summed E-state index contributed by atoms with van der Waals surface area (Å²) in [6.45, 7) is 13.7. The van der Waals surface area contributed by atoms with Crippen LogP contribution in [0.4, 0.5) is 0 Å². The zero-order valence-corrected chi connectivity index (χ0v) is 18.2. The van der Waals surface area contributed by atoms with Crippen LogP contribution in [0.15, 0.2) is 28.3 Å². The van der Waals surface area contributed by atoms with Gasteiger partial charge in [0.05, 0.1) is 6.10 Å². The fourth-order valence-electron chi connectivity index (χ4n) is 5.49. The van der Waals surface area contributed by atoms with Gasteiger partial charge in [-0.3, -0.25) is 0 Å². The Bertz CT molecular complexity index is 702. The van der Waals surface area contributed by atoms with Gasteiger partial charge in [0, 0.05) is 10.4 Å². The summed E-state index contributed by atoms with van der Waals surface area (Å²) in [5.74, 6) is 0.425. The number of aliphatic hydroxyl groups is 1. The van der Waals surface area contributed by atoms with E-state index in [0.717, 1.165) is 17.3 Å². The highest BCUT2D eigenvalue weighted by Crippen LogP contribution is 2.60. The minimum Gasteiger partial charge on any atom is -0.392 e. The Hall–Kier alpha value is -0.600. The first-order valence-electron chi connectivity index (χ1n) is 9.74. The first-order valence-corrected chi connectivity index (χ1v) is 10.5. The molecule has 1 nitrogen and oxygen atoms in total. The molecule has 2 aliphatic rings. The fraction of sp³-hybridized carbons (Fsp3) is 0.652. The summed E-state index contributed by atoms with van der Waals surface area (Å²) in [5.41, 5.74) is 5.72. The zero-order valence-electron chi connectivity index (χ0n) is 16.6. The van der Waals surface area contributed by atoms with E-state index in [9.17, 15) is 5.11 Å². The SMILES string of the molecule is Cc1cc(Br)c([C@H]2[C@@H](O)[C@H](C)CC=C3C(C)(C)CCC[C@@]32C)cc1C. The van der Waals surface area contributed by atoms with Crippen molar-refractivity contribution >= 4 is 15.9 Å². The summed E-state index contributed by atoms with van der Waals surface area (Å²) >= 11 is 3.83. The molecular weight excluding hydrogens is 372 g/mol. The van der Waals surface area contributed by atoms with Gasteiger partial charge >= 0.3 is 0 Å². The normalized spacial score (nSPS) is 34.9. The largest absolute Gasteiger partial charge is 0.392 e. The Balaban J connectivity index is 2.22. The number of benzene rings is 1. The van der Waals surface area contributed by atoms with Gasteiger partial charge in [-0.25, -0.2) is 0 Å². The number of hydrogen-bond acceptors (Lipinski definition) is 1. The van der Waals surface area contributed by atoms with E-state index >= 15 is 0 Å². The molecule has 138 valence electrons. The molecule has 1 aromatic carbocycles. The molecule has 1 aromatic rings. The average Bonchev–Trinajstić information content (AvgIpc) is 2.60. The molecule has 0 saturated heterocycles. The Labute approximate surface area is 162 Å². The fourth-order valence-corrected chi connectivity index (χ4v) is 6.19. The molecule has 1 saturated carbocycles. The van der Waals surface area contributed by atoms with E-state index < -0.39 is 0 Å². The van der Waals surface area contributed by atoms with Crippen LogP contribution in [0.3, 0.4) is 0 Å². The number of rotatable bonds is 1. The lowest BCUT2D eigenvalue weighted by Gasteiger charge is -2.51. The van der Waals surface area contributed by atoms with Crippen molar-refractivity contribution in [2.75, 3.05) is 0 Å². The summed E-state index contributed by atoms with van der Waals surface area (Å²) in [6.07, 6.45) is 6.79. The third-order valence-electron chi connectivity index (χ3n) is 7.10. The highest BCUT2D eigenvalue weighted by atomic mass is 79.9. The summed E-state index contributed by atoms with van der Waals surface area (Å²) < 4.78 is 1.15. The number of aliphatic hydroxyl groups excluding tert-OH is 1. The predicted octanol–water partition coefficient (Wildman–Crippen LogP) is 6.69. The van der Waals surface area contributed by atoms with Gasteiger partial charge in [0.2, 0.25) is 0 Å². The second-order valence-electron chi connectivity index (χ2n) is 9.41. The second kappa shape index (κ2) is 6.53. The van der Waals surface area contributed by atoms with E-state index in [1.807, 2.05) is 0 Å². The van der Waals surface area contributed by atoms with Crippen molar-refractivity contribution in [3.8, 4) is 0 Å². The summed E-state index contributed by atoms with van der Waals surface area (Å²) in [4.78, 5) is 0. The quantitative estimate of drug-likeness (QED) is 0.516. The van der Waals surface area contributed by atoms with Crippen LogP contribution >= 0.6 is 15.9 Å². The minimum atomic E-state index is -0.314. The van der Waals surface area contributed by atoms with Gasteiger partial charge in [-0.2, -0.15) is 0 Å². The Morgan fingerprint density at radius 2 is 1.72 bits per heavy atom. The first kappa shape index (κ1) is 19.2. The lowest BCUT2D eigenvalue weighted by atomic mass is 9.54. The van der Waals surface area contributed by atoms with Crippen molar-refractivity contribution in [3.63, 3.8) is 0 Å². The van der Waals surface area contributed by atoms with E-state index in [-0.39, 0.29) is 28.8 Å². The third kappa shape index (κ3) is 3.14. The van der Waals surface area contributed by atoms with Crippen molar-refractivity contribution in [1.82, 2.24) is 0 Å². The number of allylic oxidation sites excluding steroid dienone is 2. The van der Waals surface area contributed by atoms with E-state index in [1.165, 1.54) is 29.5 Å². The number of hydrogen-bond donors (Lipinski definition) is 1. The van der Waals surface area contributed by atoms with E-state index in [0.29, 0.717) is 0 Å². The van der Waals surface area contributed by atoms with Crippen LogP contribution in [-0.4, -0.2) is 11.2 Å². The first-order chi connectivity index (χ1) is 11.6. The number of fused-ring (bicyclic) bond motifs is 1. The molecule has 0 aromatic heterocycles. The van der Waals surface area contributed by atoms with Crippen molar-refractivity contribution in [2.24, 2.45) is 16.7 Å². The smallest absolute Gasteiger partial charge is 0.0645 e. The maximum Gasteiger partial charge on any atom is 0.0645 e. The molecule has 0 aliphatic heterocycles. The highest BCUT2D eigenvalue weighted by molar-refractivity contribution is 9.10. The topological polar surface area (TPSA) is 20.2 Å². The maximum atomic E-state index is 11.4. The van der Waals surface area contributed by atoms with Gasteiger partial charge < -0.3 is 5.11 Å². The molecule has 1 N–H and O–H groups in total. The molecule has 0 heterocycles. The van der Waals surface area contributed by atoms with Crippen LogP contribution in [0.1, 0.15) is 76.0 Å².